The zero-order valence-electron chi connectivity index (χ0n) is 12.4. The van der Waals surface area contributed by atoms with Crippen LogP contribution in [0.2, 0.25) is 0 Å². The zero-order chi connectivity index (χ0) is 14.8. The summed E-state index contributed by atoms with van der Waals surface area (Å²) in [5.74, 6) is 0. The second-order valence-electron chi connectivity index (χ2n) is 6.11. The zero-order valence-corrected chi connectivity index (χ0v) is 12.4. The molecule has 1 aromatic carbocycles. The van der Waals surface area contributed by atoms with E-state index in [0.717, 1.165) is 36.8 Å². The molecule has 3 rings (SSSR count). The molecule has 2 amide bonds. The van der Waals surface area contributed by atoms with E-state index in [4.69, 9.17) is 0 Å². The molecular formula is C16H23N3O2. The molecule has 114 valence electrons. The minimum Gasteiger partial charge on any atom is -0.389 e. The maximum atomic E-state index is 12.0. The Morgan fingerprint density at radius 1 is 1.29 bits per heavy atom. The molecule has 0 radical (unpaired) electrons. The first-order valence-electron chi connectivity index (χ1n) is 7.71. The lowest BCUT2D eigenvalue weighted by molar-refractivity contribution is 0.199. The van der Waals surface area contributed by atoms with Gasteiger partial charge >= 0.3 is 6.03 Å². The van der Waals surface area contributed by atoms with E-state index in [2.05, 4.69) is 15.5 Å². The van der Waals surface area contributed by atoms with Gasteiger partial charge < -0.3 is 15.7 Å². The number of hydrogen-bond donors (Lipinski definition) is 3. The van der Waals surface area contributed by atoms with Crippen LogP contribution < -0.4 is 10.6 Å². The van der Waals surface area contributed by atoms with E-state index in [1.54, 1.807) is 6.92 Å². The molecule has 0 aromatic heterocycles. The lowest BCUT2D eigenvalue weighted by Crippen LogP contribution is -2.40. The average molecular weight is 289 g/mol. The third kappa shape index (κ3) is 3.74. The summed E-state index contributed by atoms with van der Waals surface area (Å²) in [7, 11) is 0. The number of nitrogens with one attached hydrogen (secondary N) is 2. The smallest absolute Gasteiger partial charge is 0.319 e. The normalized spacial score (nSPS) is 23.8. The van der Waals surface area contributed by atoms with Gasteiger partial charge in [-0.3, -0.25) is 4.90 Å². The minimum absolute atomic E-state index is 0.151. The maximum Gasteiger partial charge on any atom is 0.319 e. The van der Waals surface area contributed by atoms with Crippen molar-refractivity contribution in [2.24, 2.45) is 0 Å². The number of rotatable bonds is 4. The Bertz CT molecular complexity index is 497. The summed E-state index contributed by atoms with van der Waals surface area (Å²) in [6.07, 6.45) is 3.17. The van der Waals surface area contributed by atoms with Crippen LogP contribution in [0.4, 0.5) is 10.5 Å². The monoisotopic (exact) mass is 289 g/mol. The molecule has 0 bridgehead atoms. The van der Waals surface area contributed by atoms with Gasteiger partial charge in [-0.05, 0) is 43.9 Å². The van der Waals surface area contributed by atoms with Crippen LogP contribution >= 0.6 is 0 Å². The fourth-order valence-electron chi connectivity index (χ4n) is 2.87. The van der Waals surface area contributed by atoms with Crippen molar-refractivity contribution in [3.05, 3.63) is 29.8 Å². The molecule has 2 unspecified atom stereocenters. The van der Waals surface area contributed by atoms with Crippen LogP contribution in [0.1, 0.15) is 37.9 Å². The van der Waals surface area contributed by atoms with E-state index in [-0.39, 0.29) is 12.1 Å². The number of anilines is 1. The summed E-state index contributed by atoms with van der Waals surface area (Å²) in [6, 6.07) is 8.15. The molecule has 2 atom stereocenters. The van der Waals surface area contributed by atoms with Crippen molar-refractivity contribution >= 4 is 11.7 Å². The molecule has 1 saturated heterocycles. The lowest BCUT2D eigenvalue weighted by Gasteiger charge is -2.16. The second-order valence-corrected chi connectivity index (χ2v) is 6.11. The molecule has 2 fully saturated rings. The Morgan fingerprint density at radius 2 is 2.00 bits per heavy atom. The molecule has 1 heterocycles. The van der Waals surface area contributed by atoms with Crippen LogP contribution in [0.15, 0.2) is 24.3 Å². The molecule has 5 heteroatoms. The summed E-state index contributed by atoms with van der Waals surface area (Å²) in [4.78, 5) is 14.5. The molecule has 0 spiro atoms. The van der Waals surface area contributed by atoms with Gasteiger partial charge in [0.2, 0.25) is 0 Å². The number of hydrogen-bond acceptors (Lipinski definition) is 3. The molecule has 1 aliphatic carbocycles. The van der Waals surface area contributed by atoms with E-state index < -0.39 is 6.10 Å². The number of aliphatic hydroxyl groups excluding tert-OH is 1. The summed E-state index contributed by atoms with van der Waals surface area (Å²) in [6.45, 7) is 3.79. The topological polar surface area (TPSA) is 64.6 Å². The number of carbonyl (C=O) groups is 1. The highest BCUT2D eigenvalue weighted by molar-refractivity contribution is 5.89. The van der Waals surface area contributed by atoms with Crippen molar-refractivity contribution in [2.75, 3.05) is 18.4 Å². The first kappa shape index (κ1) is 14.4. The standard InChI is InChI=1S/C16H23N3O2/c1-11(20)12-2-4-13(5-3-12)17-16(21)18-14-8-9-19(10-14)15-6-7-15/h2-5,11,14-15,20H,6-10H2,1H3,(H2,17,18,21). The third-order valence-electron chi connectivity index (χ3n) is 4.27. The average Bonchev–Trinajstić information content (AvgIpc) is 3.20. The number of likely N-dealkylation sites (tertiary alicyclic amines) is 1. The summed E-state index contributed by atoms with van der Waals surface area (Å²) >= 11 is 0. The van der Waals surface area contributed by atoms with Crippen molar-refractivity contribution < 1.29 is 9.90 Å². The number of nitrogens with zero attached hydrogens (tertiary/aromatic N) is 1. The Morgan fingerprint density at radius 3 is 2.62 bits per heavy atom. The molecule has 21 heavy (non-hydrogen) atoms. The van der Waals surface area contributed by atoms with Gasteiger partial charge in [-0.15, -0.1) is 0 Å². The van der Waals surface area contributed by atoms with Gasteiger partial charge in [-0.1, -0.05) is 12.1 Å². The summed E-state index contributed by atoms with van der Waals surface area (Å²) in [5.41, 5.74) is 1.59. The summed E-state index contributed by atoms with van der Waals surface area (Å²) in [5, 5.41) is 15.3. The van der Waals surface area contributed by atoms with Crippen LogP contribution in [0.25, 0.3) is 0 Å². The summed E-state index contributed by atoms with van der Waals surface area (Å²) < 4.78 is 0. The van der Waals surface area contributed by atoms with Gasteiger partial charge in [-0.25, -0.2) is 4.79 Å². The van der Waals surface area contributed by atoms with E-state index in [9.17, 15) is 9.90 Å². The van der Waals surface area contributed by atoms with Crippen molar-refractivity contribution in [3.63, 3.8) is 0 Å². The highest BCUT2D eigenvalue weighted by Gasteiger charge is 2.34. The van der Waals surface area contributed by atoms with E-state index in [1.165, 1.54) is 12.8 Å². The van der Waals surface area contributed by atoms with Crippen LogP contribution in [0.3, 0.4) is 0 Å². The van der Waals surface area contributed by atoms with Crippen molar-refractivity contribution in [1.29, 1.82) is 0 Å². The quantitative estimate of drug-likeness (QED) is 0.795. The molecule has 1 aliphatic heterocycles. The third-order valence-corrected chi connectivity index (χ3v) is 4.27. The van der Waals surface area contributed by atoms with Crippen LogP contribution in [0, 0.1) is 0 Å². The molecule has 5 nitrogen and oxygen atoms in total. The maximum absolute atomic E-state index is 12.0. The Balaban J connectivity index is 1.47. The molecule has 1 saturated carbocycles. The lowest BCUT2D eigenvalue weighted by atomic mass is 10.1. The fourth-order valence-corrected chi connectivity index (χ4v) is 2.87. The molecule has 2 aliphatic rings. The Kier molecular flexibility index (Phi) is 4.12. The SMILES string of the molecule is CC(O)c1ccc(NC(=O)NC2CCN(C3CC3)C2)cc1. The number of carbonyl (C=O) groups excluding carboxylic acids is 1. The van der Waals surface area contributed by atoms with Gasteiger partial charge in [0.15, 0.2) is 0 Å². The minimum atomic E-state index is -0.486. The van der Waals surface area contributed by atoms with Crippen molar-refractivity contribution in [1.82, 2.24) is 10.2 Å². The van der Waals surface area contributed by atoms with Gasteiger partial charge in [0.05, 0.1) is 6.10 Å². The largest absolute Gasteiger partial charge is 0.389 e. The van der Waals surface area contributed by atoms with Gasteiger partial charge in [0.25, 0.3) is 0 Å². The Hall–Kier alpha value is -1.59. The molecule has 1 aromatic rings. The van der Waals surface area contributed by atoms with Crippen LogP contribution in [0.5, 0.6) is 0 Å². The fraction of sp³-hybridized carbons (Fsp3) is 0.562. The first-order chi connectivity index (χ1) is 10.1. The van der Waals surface area contributed by atoms with Crippen molar-refractivity contribution in [3.8, 4) is 0 Å². The highest BCUT2D eigenvalue weighted by atomic mass is 16.3. The molecular weight excluding hydrogens is 266 g/mol. The second kappa shape index (κ2) is 6.03. The number of amides is 2. The van der Waals surface area contributed by atoms with Crippen molar-refractivity contribution in [2.45, 2.75) is 44.4 Å². The predicted molar refractivity (Wildman–Crippen MR) is 82.2 cm³/mol. The van der Waals surface area contributed by atoms with E-state index in [0.29, 0.717) is 0 Å². The van der Waals surface area contributed by atoms with Crippen LogP contribution in [-0.4, -0.2) is 41.2 Å². The van der Waals surface area contributed by atoms with Gasteiger partial charge in [-0.2, -0.15) is 0 Å². The van der Waals surface area contributed by atoms with E-state index in [1.807, 2.05) is 24.3 Å². The van der Waals surface area contributed by atoms with Crippen LogP contribution in [-0.2, 0) is 0 Å². The first-order valence-corrected chi connectivity index (χ1v) is 7.71. The number of benzene rings is 1. The van der Waals surface area contributed by atoms with E-state index >= 15 is 0 Å². The highest BCUT2D eigenvalue weighted by Crippen LogP contribution is 2.29. The molecule has 3 N–H and O–H groups in total. The number of urea groups is 1. The van der Waals surface area contributed by atoms with Gasteiger partial charge in [0.1, 0.15) is 0 Å². The number of aliphatic hydroxyl groups is 1. The predicted octanol–water partition coefficient (Wildman–Crippen LogP) is 2.10. The Labute approximate surface area is 125 Å². The van der Waals surface area contributed by atoms with Gasteiger partial charge in [0, 0.05) is 30.9 Å².